The Labute approximate surface area is 184 Å². The molecule has 0 fully saturated rings. The third-order valence-corrected chi connectivity index (χ3v) is 4.75. The van der Waals surface area contributed by atoms with Crippen molar-refractivity contribution >= 4 is 34.8 Å². The molecular weight excluding hydrogens is 414 g/mol. The molecule has 0 aliphatic carbocycles. The first-order valence-electron chi connectivity index (χ1n) is 9.38. The van der Waals surface area contributed by atoms with Crippen LogP contribution >= 0.6 is 11.6 Å². The standard InChI is InChI=1S/C23H18ClN5O2/c1-31-21-8-7-16(13-18(21)24)27-23-26-12-10-19(29-23)22(30)28-20-14-25-11-9-17(20)15-5-3-2-4-6-15/h2-14H,1H3,(H,28,30)(H,26,27,29). The van der Waals surface area contributed by atoms with Gasteiger partial charge >= 0.3 is 0 Å². The molecule has 0 aliphatic rings. The minimum atomic E-state index is -0.372. The zero-order valence-electron chi connectivity index (χ0n) is 16.5. The van der Waals surface area contributed by atoms with Gasteiger partial charge in [-0.25, -0.2) is 9.97 Å². The van der Waals surface area contributed by atoms with E-state index in [9.17, 15) is 4.79 Å². The minimum absolute atomic E-state index is 0.208. The van der Waals surface area contributed by atoms with Gasteiger partial charge < -0.3 is 15.4 Å². The molecular formula is C23H18ClN5O2. The number of ether oxygens (including phenoxy) is 1. The number of rotatable bonds is 6. The molecule has 8 heteroatoms. The average Bonchev–Trinajstić information content (AvgIpc) is 2.80. The summed E-state index contributed by atoms with van der Waals surface area (Å²) < 4.78 is 5.15. The lowest BCUT2D eigenvalue weighted by atomic mass is 10.1. The highest BCUT2D eigenvalue weighted by atomic mass is 35.5. The first-order chi connectivity index (χ1) is 15.1. The number of pyridine rings is 1. The number of nitrogens with zero attached hydrogens (tertiary/aromatic N) is 3. The third kappa shape index (κ3) is 4.79. The summed E-state index contributed by atoms with van der Waals surface area (Å²) in [5.41, 5.74) is 3.31. The van der Waals surface area contributed by atoms with Crippen LogP contribution in [0.2, 0.25) is 5.02 Å². The Balaban J connectivity index is 1.54. The van der Waals surface area contributed by atoms with Crippen molar-refractivity contribution in [3.05, 3.63) is 90.0 Å². The van der Waals surface area contributed by atoms with Crippen molar-refractivity contribution in [1.82, 2.24) is 15.0 Å². The van der Waals surface area contributed by atoms with Gasteiger partial charge in [-0.15, -0.1) is 0 Å². The van der Waals surface area contributed by atoms with E-state index in [1.54, 1.807) is 43.8 Å². The maximum Gasteiger partial charge on any atom is 0.274 e. The van der Waals surface area contributed by atoms with Crippen LogP contribution in [-0.2, 0) is 0 Å². The summed E-state index contributed by atoms with van der Waals surface area (Å²) in [6, 6.07) is 18.4. The van der Waals surface area contributed by atoms with E-state index in [0.717, 1.165) is 11.1 Å². The highest BCUT2D eigenvalue weighted by Gasteiger charge is 2.13. The van der Waals surface area contributed by atoms with Crippen molar-refractivity contribution in [1.29, 1.82) is 0 Å². The fourth-order valence-electron chi connectivity index (χ4n) is 2.97. The number of hydrogen-bond acceptors (Lipinski definition) is 6. The molecule has 2 aromatic carbocycles. The molecule has 4 rings (SSSR count). The lowest BCUT2D eigenvalue weighted by Crippen LogP contribution is -2.15. The molecule has 7 nitrogen and oxygen atoms in total. The quantitative estimate of drug-likeness (QED) is 0.436. The van der Waals surface area contributed by atoms with Gasteiger partial charge in [-0.1, -0.05) is 41.9 Å². The Morgan fingerprint density at radius 2 is 1.87 bits per heavy atom. The molecule has 0 unspecified atom stereocenters. The van der Waals surface area contributed by atoms with E-state index >= 15 is 0 Å². The Kier molecular flexibility index (Phi) is 6.05. The second-order valence-electron chi connectivity index (χ2n) is 6.48. The molecule has 0 saturated carbocycles. The Morgan fingerprint density at radius 1 is 1.03 bits per heavy atom. The molecule has 2 aromatic heterocycles. The number of carbonyl (C=O) groups excluding carboxylic acids is 1. The maximum atomic E-state index is 12.8. The smallest absolute Gasteiger partial charge is 0.274 e. The van der Waals surface area contributed by atoms with Gasteiger partial charge in [0, 0.05) is 23.6 Å². The largest absolute Gasteiger partial charge is 0.495 e. The van der Waals surface area contributed by atoms with Crippen molar-refractivity contribution in [2.45, 2.75) is 0 Å². The van der Waals surface area contributed by atoms with Crippen LogP contribution in [-0.4, -0.2) is 28.0 Å². The first kappa shape index (κ1) is 20.3. The normalized spacial score (nSPS) is 10.4. The van der Waals surface area contributed by atoms with Crippen molar-refractivity contribution in [3.8, 4) is 16.9 Å². The van der Waals surface area contributed by atoms with Gasteiger partial charge in [0.05, 0.1) is 24.0 Å². The fourth-order valence-corrected chi connectivity index (χ4v) is 3.23. The highest BCUT2D eigenvalue weighted by molar-refractivity contribution is 6.32. The minimum Gasteiger partial charge on any atom is -0.495 e. The molecule has 31 heavy (non-hydrogen) atoms. The maximum absolute atomic E-state index is 12.8. The molecule has 1 amide bonds. The van der Waals surface area contributed by atoms with Gasteiger partial charge in [0.15, 0.2) is 0 Å². The molecule has 4 aromatic rings. The Hall–Kier alpha value is -3.97. The second-order valence-corrected chi connectivity index (χ2v) is 6.89. The number of halogens is 1. The topological polar surface area (TPSA) is 89.0 Å². The van der Waals surface area contributed by atoms with Crippen LogP contribution in [0.4, 0.5) is 17.3 Å². The number of methoxy groups -OCH3 is 1. The van der Waals surface area contributed by atoms with Crippen LogP contribution < -0.4 is 15.4 Å². The third-order valence-electron chi connectivity index (χ3n) is 4.45. The number of hydrogen-bond donors (Lipinski definition) is 2. The van der Waals surface area contributed by atoms with Crippen molar-refractivity contribution in [3.63, 3.8) is 0 Å². The molecule has 0 saturated heterocycles. The Morgan fingerprint density at radius 3 is 2.65 bits per heavy atom. The lowest BCUT2D eigenvalue weighted by molar-refractivity contribution is 0.102. The number of aromatic nitrogens is 3. The molecule has 0 aliphatic heterocycles. The average molecular weight is 432 g/mol. The number of amides is 1. The fraction of sp³-hybridized carbons (Fsp3) is 0.0435. The SMILES string of the molecule is COc1ccc(Nc2nccc(C(=O)Nc3cnccc3-c3ccccc3)n2)cc1Cl. The predicted molar refractivity (Wildman–Crippen MR) is 121 cm³/mol. The first-order valence-corrected chi connectivity index (χ1v) is 9.76. The summed E-state index contributed by atoms with van der Waals surface area (Å²) in [5.74, 6) is 0.457. The van der Waals surface area contributed by atoms with E-state index in [1.165, 1.54) is 6.20 Å². The van der Waals surface area contributed by atoms with E-state index < -0.39 is 0 Å². The van der Waals surface area contributed by atoms with E-state index in [1.807, 2.05) is 36.4 Å². The summed E-state index contributed by atoms with van der Waals surface area (Å²) in [6.07, 6.45) is 4.81. The zero-order chi connectivity index (χ0) is 21.6. The Bertz CT molecular complexity index is 1220. The zero-order valence-corrected chi connectivity index (χ0v) is 17.3. The van der Waals surface area contributed by atoms with Crippen LogP contribution in [0.1, 0.15) is 10.5 Å². The molecule has 154 valence electrons. The summed E-state index contributed by atoms with van der Waals surface area (Å²) in [4.78, 5) is 25.5. The molecule has 2 N–H and O–H groups in total. The number of carbonyl (C=O) groups is 1. The van der Waals surface area contributed by atoms with E-state index in [0.29, 0.717) is 22.1 Å². The summed E-state index contributed by atoms with van der Waals surface area (Å²) in [7, 11) is 1.55. The molecule has 0 radical (unpaired) electrons. The van der Waals surface area contributed by atoms with E-state index in [2.05, 4.69) is 25.6 Å². The van der Waals surface area contributed by atoms with E-state index in [-0.39, 0.29) is 17.5 Å². The highest BCUT2D eigenvalue weighted by Crippen LogP contribution is 2.29. The monoisotopic (exact) mass is 431 g/mol. The summed E-state index contributed by atoms with van der Waals surface area (Å²) in [6.45, 7) is 0. The van der Waals surface area contributed by atoms with Crippen LogP contribution in [0.5, 0.6) is 5.75 Å². The summed E-state index contributed by atoms with van der Waals surface area (Å²) in [5, 5.41) is 6.37. The second kappa shape index (κ2) is 9.23. The number of anilines is 3. The van der Waals surface area contributed by atoms with Gasteiger partial charge in [0.1, 0.15) is 11.4 Å². The van der Waals surface area contributed by atoms with Crippen molar-refractivity contribution in [2.24, 2.45) is 0 Å². The van der Waals surface area contributed by atoms with Gasteiger partial charge in [0.2, 0.25) is 5.95 Å². The van der Waals surface area contributed by atoms with Gasteiger partial charge in [-0.2, -0.15) is 0 Å². The van der Waals surface area contributed by atoms with Gasteiger partial charge in [-0.3, -0.25) is 9.78 Å². The van der Waals surface area contributed by atoms with Crippen LogP contribution in [0.15, 0.2) is 79.3 Å². The molecule has 0 spiro atoms. The molecule has 0 bridgehead atoms. The van der Waals surface area contributed by atoms with Gasteiger partial charge in [-0.05, 0) is 35.9 Å². The van der Waals surface area contributed by atoms with Crippen LogP contribution in [0.25, 0.3) is 11.1 Å². The van der Waals surface area contributed by atoms with Crippen molar-refractivity contribution < 1.29 is 9.53 Å². The van der Waals surface area contributed by atoms with E-state index in [4.69, 9.17) is 16.3 Å². The van der Waals surface area contributed by atoms with Crippen molar-refractivity contribution in [2.75, 3.05) is 17.7 Å². The molecule has 0 atom stereocenters. The predicted octanol–water partition coefficient (Wildman–Crippen LogP) is 5.20. The lowest BCUT2D eigenvalue weighted by Gasteiger charge is -2.11. The number of benzene rings is 2. The molecule has 2 heterocycles. The van der Waals surface area contributed by atoms with Crippen LogP contribution in [0, 0.1) is 0 Å². The van der Waals surface area contributed by atoms with Gasteiger partial charge in [0.25, 0.3) is 5.91 Å². The van der Waals surface area contributed by atoms with Crippen LogP contribution in [0.3, 0.4) is 0 Å². The number of nitrogens with one attached hydrogen (secondary N) is 2. The summed E-state index contributed by atoms with van der Waals surface area (Å²) >= 11 is 6.16.